The molecule has 5 heteroatoms. The fraction of sp³-hybridized carbons (Fsp3) is 0.250. The van der Waals surface area contributed by atoms with E-state index in [1.54, 1.807) is 0 Å². The van der Waals surface area contributed by atoms with Crippen molar-refractivity contribution in [1.29, 1.82) is 0 Å². The Hall–Kier alpha value is -2.17. The van der Waals surface area contributed by atoms with Crippen LogP contribution in [0.15, 0.2) is 18.2 Å². The molecular formula is C12H12O5. The number of hydrogen-bond donors (Lipinski definition) is 0. The third kappa shape index (κ3) is 3.71. The molecule has 0 saturated heterocycles. The molecule has 0 atom stereocenters. The Balaban J connectivity index is 3.15. The van der Waals surface area contributed by atoms with E-state index in [9.17, 15) is 14.4 Å². The maximum atomic E-state index is 11.2. The highest BCUT2D eigenvalue weighted by Crippen LogP contribution is 2.29. The van der Waals surface area contributed by atoms with Crippen LogP contribution in [-0.4, -0.2) is 17.7 Å². The first-order valence-corrected chi connectivity index (χ1v) is 4.92. The molecule has 5 nitrogen and oxygen atoms in total. The van der Waals surface area contributed by atoms with Crippen LogP contribution in [0.2, 0.25) is 0 Å². The zero-order chi connectivity index (χ0) is 13.0. The van der Waals surface area contributed by atoms with Gasteiger partial charge in [0.1, 0.15) is 0 Å². The number of ketones is 1. The van der Waals surface area contributed by atoms with Gasteiger partial charge in [0.25, 0.3) is 0 Å². The topological polar surface area (TPSA) is 69.7 Å². The molecule has 0 bridgehead atoms. The molecule has 0 saturated carbocycles. The summed E-state index contributed by atoms with van der Waals surface area (Å²) in [5.41, 5.74) is 0.372. The minimum atomic E-state index is -0.556. The van der Waals surface area contributed by atoms with Crippen LogP contribution in [0.25, 0.3) is 0 Å². The van der Waals surface area contributed by atoms with Gasteiger partial charge in [0, 0.05) is 19.4 Å². The fourth-order valence-corrected chi connectivity index (χ4v) is 1.20. The van der Waals surface area contributed by atoms with Crippen LogP contribution in [-0.2, 0) is 9.59 Å². The maximum Gasteiger partial charge on any atom is 0.308 e. The molecule has 0 spiro atoms. The molecular weight excluding hydrogens is 226 g/mol. The second-order valence-corrected chi connectivity index (χ2v) is 3.40. The standard InChI is InChI=1S/C12H12O5/c1-7(13)10-4-5-11(16-8(2)14)12(6-10)17-9(3)15/h4-6H,1-3H3/i5+1,12+1. The van der Waals surface area contributed by atoms with Crippen LogP contribution >= 0.6 is 0 Å². The van der Waals surface area contributed by atoms with E-state index in [1.165, 1.54) is 39.0 Å². The highest BCUT2D eigenvalue weighted by molar-refractivity contribution is 5.95. The monoisotopic (exact) mass is 238 g/mol. The molecule has 1 aromatic carbocycles. The molecule has 0 aliphatic carbocycles. The molecule has 0 unspecified atom stereocenters. The van der Waals surface area contributed by atoms with E-state index in [-0.39, 0.29) is 17.3 Å². The number of esters is 2. The third-order valence-electron chi connectivity index (χ3n) is 1.86. The normalized spacial score (nSPS) is 9.59. The first kappa shape index (κ1) is 12.9. The molecule has 90 valence electrons. The molecule has 0 aromatic heterocycles. The van der Waals surface area contributed by atoms with E-state index in [0.29, 0.717) is 5.56 Å². The van der Waals surface area contributed by atoms with Gasteiger partial charge >= 0.3 is 11.9 Å². The van der Waals surface area contributed by atoms with Gasteiger partial charge in [-0.2, -0.15) is 0 Å². The van der Waals surface area contributed by atoms with Gasteiger partial charge in [0.2, 0.25) is 0 Å². The molecule has 17 heavy (non-hydrogen) atoms. The molecule has 1 aromatic rings. The number of ether oxygens (including phenoxy) is 2. The summed E-state index contributed by atoms with van der Waals surface area (Å²) in [5.74, 6) is -1.10. The zero-order valence-corrected chi connectivity index (χ0v) is 9.77. The van der Waals surface area contributed by atoms with E-state index in [0.717, 1.165) is 0 Å². The summed E-state index contributed by atoms with van der Waals surface area (Å²) in [6.07, 6.45) is 0. The van der Waals surface area contributed by atoms with Gasteiger partial charge < -0.3 is 9.47 Å². The molecule has 0 aliphatic rings. The van der Waals surface area contributed by atoms with Crippen LogP contribution in [0.4, 0.5) is 0 Å². The van der Waals surface area contributed by atoms with E-state index in [1.807, 2.05) is 0 Å². The summed E-state index contributed by atoms with van der Waals surface area (Å²) in [7, 11) is 0. The lowest BCUT2D eigenvalue weighted by molar-refractivity contribution is -0.134. The van der Waals surface area contributed by atoms with Gasteiger partial charge in [0.15, 0.2) is 17.3 Å². The Labute approximate surface area is 98.3 Å². The van der Waals surface area contributed by atoms with Crippen LogP contribution in [0, 0.1) is 0 Å². The van der Waals surface area contributed by atoms with Crippen molar-refractivity contribution < 1.29 is 23.9 Å². The fourth-order valence-electron chi connectivity index (χ4n) is 1.20. The van der Waals surface area contributed by atoms with Crippen molar-refractivity contribution >= 4 is 17.7 Å². The first-order valence-electron chi connectivity index (χ1n) is 4.92. The SMILES string of the molecule is CC(=O)Oc1[13cH]cc(C(C)=O)c[13c]1OC(C)=O. The predicted octanol–water partition coefficient (Wildman–Crippen LogP) is 1.74. The molecule has 1 rings (SSSR count). The Kier molecular flexibility index (Phi) is 3.98. The molecule has 0 heterocycles. The zero-order valence-electron chi connectivity index (χ0n) is 9.77. The number of benzene rings is 1. The number of carbonyl (C=O) groups is 3. The van der Waals surface area contributed by atoms with Crippen molar-refractivity contribution in [2.75, 3.05) is 0 Å². The van der Waals surface area contributed by atoms with Gasteiger partial charge in [-0.15, -0.1) is 0 Å². The van der Waals surface area contributed by atoms with Gasteiger partial charge in [0.05, 0.1) is 0 Å². The number of Topliss-reactive ketones (excluding diaryl/α,β-unsaturated/α-hetero) is 1. The summed E-state index contributed by atoms with van der Waals surface area (Å²) in [6, 6.07) is 4.27. The largest absolute Gasteiger partial charge is 0.423 e. The summed E-state index contributed by atoms with van der Waals surface area (Å²) < 4.78 is 9.72. The Bertz CT molecular complexity index is 476. The van der Waals surface area contributed by atoms with Crippen molar-refractivity contribution in [3.8, 4) is 11.5 Å². The summed E-state index contributed by atoms with van der Waals surface area (Å²) in [6.45, 7) is 3.84. The van der Waals surface area contributed by atoms with Crippen molar-refractivity contribution in [2.24, 2.45) is 0 Å². The van der Waals surface area contributed by atoms with Crippen molar-refractivity contribution in [3.63, 3.8) is 0 Å². The lowest BCUT2D eigenvalue weighted by Gasteiger charge is -2.09. The van der Waals surface area contributed by atoms with Crippen LogP contribution in [0.5, 0.6) is 11.5 Å². The summed E-state index contributed by atoms with van der Waals surface area (Å²) in [5, 5.41) is 0. The Morgan fingerprint density at radius 2 is 1.41 bits per heavy atom. The van der Waals surface area contributed by atoms with E-state index in [2.05, 4.69) is 0 Å². The summed E-state index contributed by atoms with van der Waals surface area (Å²) in [4.78, 5) is 32.9. The second kappa shape index (κ2) is 5.25. The smallest absolute Gasteiger partial charge is 0.308 e. The van der Waals surface area contributed by atoms with Crippen LogP contribution in [0.3, 0.4) is 0 Å². The van der Waals surface area contributed by atoms with Gasteiger partial charge in [-0.25, -0.2) is 0 Å². The van der Waals surface area contributed by atoms with E-state index < -0.39 is 11.9 Å². The minimum absolute atomic E-state index is 0.0559. The number of carbonyl (C=O) groups excluding carboxylic acids is 3. The second-order valence-electron chi connectivity index (χ2n) is 3.40. The molecule has 0 fully saturated rings. The Morgan fingerprint density at radius 1 is 0.882 bits per heavy atom. The maximum absolute atomic E-state index is 11.2. The minimum Gasteiger partial charge on any atom is -0.423 e. The van der Waals surface area contributed by atoms with Crippen LogP contribution < -0.4 is 9.47 Å². The predicted molar refractivity (Wildman–Crippen MR) is 59.1 cm³/mol. The molecule has 0 aliphatic heterocycles. The van der Waals surface area contributed by atoms with Gasteiger partial charge in [-0.3, -0.25) is 14.4 Å². The van der Waals surface area contributed by atoms with E-state index >= 15 is 0 Å². The van der Waals surface area contributed by atoms with Gasteiger partial charge in [-0.1, -0.05) is 0 Å². The van der Waals surface area contributed by atoms with Crippen LogP contribution in [0.1, 0.15) is 31.1 Å². The van der Waals surface area contributed by atoms with Crippen molar-refractivity contribution in [1.82, 2.24) is 0 Å². The lowest BCUT2D eigenvalue weighted by Crippen LogP contribution is -2.08. The molecule has 0 N–H and O–H groups in total. The van der Waals surface area contributed by atoms with Crippen molar-refractivity contribution in [2.45, 2.75) is 20.8 Å². The average molecular weight is 238 g/mol. The third-order valence-corrected chi connectivity index (χ3v) is 1.86. The van der Waals surface area contributed by atoms with Gasteiger partial charge in [-0.05, 0) is 25.1 Å². The highest BCUT2D eigenvalue weighted by atomic mass is 16.6. The Morgan fingerprint density at radius 3 is 1.88 bits per heavy atom. The number of hydrogen-bond acceptors (Lipinski definition) is 5. The highest BCUT2D eigenvalue weighted by Gasteiger charge is 2.12. The number of rotatable bonds is 3. The quantitative estimate of drug-likeness (QED) is 0.455. The summed E-state index contributed by atoms with van der Waals surface area (Å²) >= 11 is 0. The average Bonchev–Trinajstić information content (AvgIpc) is 2.18. The molecule has 0 radical (unpaired) electrons. The molecule has 0 amide bonds. The van der Waals surface area contributed by atoms with E-state index in [4.69, 9.17) is 9.47 Å². The lowest BCUT2D eigenvalue weighted by atomic mass is 10.2. The van der Waals surface area contributed by atoms with Crippen molar-refractivity contribution in [3.05, 3.63) is 23.8 Å². The first-order chi connectivity index (χ1) is 7.90.